The van der Waals surface area contributed by atoms with Crippen LogP contribution in [-0.4, -0.2) is 22.6 Å². The molecular formula is C19H25N3O. The van der Waals surface area contributed by atoms with Crippen LogP contribution in [0.3, 0.4) is 0 Å². The Labute approximate surface area is 137 Å². The van der Waals surface area contributed by atoms with Gasteiger partial charge in [0, 0.05) is 18.7 Å². The minimum absolute atomic E-state index is 0.127. The van der Waals surface area contributed by atoms with Gasteiger partial charge >= 0.3 is 0 Å². The van der Waals surface area contributed by atoms with E-state index < -0.39 is 0 Å². The Morgan fingerprint density at radius 3 is 2.48 bits per heavy atom. The molecule has 1 heterocycles. The quantitative estimate of drug-likeness (QED) is 0.892. The third kappa shape index (κ3) is 3.46. The van der Waals surface area contributed by atoms with Crippen molar-refractivity contribution < 1.29 is 4.79 Å². The van der Waals surface area contributed by atoms with Gasteiger partial charge in [0.2, 0.25) is 5.91 Å². The van der Waals surface area contributed by atoms with Crippen LogP contribution in [0.5, 0.6) is 0 Å². The lowest BCUT2D eigenvalue weighted by molar-refractivity contribution is -0.121. The maximum atomic E-state index is 12.2. The van der Waals surface area contributed by atoms with E-state index in [1.807, 2.05) is 13.8 Å². The predicted molar refractivity (Wildman–Crippen MR) is 91.3 cm³/mol. The molecule has 0 spiro atoms. The Hall–Kier alpha value is -2.10. The zero-order valence-electron chi connectivity index (χ0n) is 14.2. The van der Waals surface area contributed by atoms with Crippen molar-refractivity contribution in [2.75, 3.05) is 6.54 Å². The largest absolute Gasteiger partial charge is 0.356 e. The molecule has 4 nitrogen and oxygen atoms in total. The van der Waals surface area contributed by atoms with Gasteiger partial charge in [-0.2, -0.15) is 5.10 Å². The fourth-order valence-electron chi connectivity index (χ4n) is 3.59. The molecule has 1 amide bonds. The van der Waals surface area contributed by atoms with Crippen molar-refractivity contribution in [1.29, 1.82) is 0 Å². The van der Waals surface area contributed by atoms with Crippen molar-refractivity contribution >= 4 is 5.91 Å². The molecule has 3 rings (SSSR count). The summed E-state index contributed by atoms with van der Waals surface area (Å²) in [5, 5.41) is 10.3. The minimum Gasteiger partial charge on any atom is -0.356 e. The monoisotopic (exact) mass is 311 g/mol. The lowest BCUT2D eigenvalue weighted by Crippen LogP contribution is -2.36. The van der Waals surface area contributed by atoms with Crippen molar-refractivity contribution in [1.82, 2.24) is 15.5 Å². The highest BCUT2D eigenvalue weighted by Crippen LogP contribution is 2.35. The number of nitrogens with zero attached hydrogens (tertiary/aromatic N) is 1. The molecule has 1 aromatic carbocycles. The second-order valence-corrected chi connectivity index (χ2v) is 7.12. The van der Waals surface area contributed by atoms with Crippen LogP contribution in [0.25, 0.3) is 0 Å². The van der Waals surface area contributed by atoms with Crippen LogP contribution in [-0.2, 0) is 24.1 Å². The van der Waals surface area contributed by atoms with Gasteiger partial charge < -0.3 is 5.32 Å². The van der Waals surface area contributed by atoms with Gasteiger partial charge in [-0.1, -0.05) is 31.2 Å². The Kier molecular flexibility index (Phi) is 4.24. The average Bonchev–Trinajstić information content (AvgIpc) is 3.03. The van der Waals surface area contributed by atoms with E-state index in [-0.39, 0.29) is 11.3 Å². The molecule has 1 aliphatic carbocycles. The number of rotatable bonds is 5. The van der Waals surface area contributed by atoms with E-state index in [0.717, 1.165) is 37.2 Å². The molecule has 0 saturated heterocycles. The van der Waals surface area contributed by atoms with Crippen LogP contribution >= 0.6 is 0 Å². The SMILES string of the molecule is Cc1n[nH]c(C)c1CCC(=O)NCC1(C)Cc2ccccc2C1. The highest BCUT2D eigenvalue weighted by Gasteiger charge is 2.32. The van der Waals surface area contributed by atoms with Crippen molar-refractivity contribution in [2.45, 2.75) is 46.5 Å². The molecule has 2 aromatic rings. The van der Waals surface area contributed by atoms with E-state index in [0.29, 0.717) is 6.42 Å². The molecule has 0 unspecified atom stereocenters. The van der Waals surface area contributed by atoms with Gasteiger partial charge in [-0.05, 0) is 55.2 Å². The zero-order chi connectivity index (χ0) is 16.4. The smallest absolute Gasteiger partial charge is 0.220 e. The Morgan fingerprint density at radius 1 is 1.26 bits per heavy atom. The summed E-state index contributed by atoms with van der Waals surface area (Å²) in [4.78, 5) is 12.2. The van der Waals surface area contributed by atoms with Gasteiger partial charge in [-0.25, -0.2) is 0 Å². The number of nitrogens with one attached hydrogen (secondary N) is 2. The first-order chi connectivity index (χ1) is 11.0. The third-order valence-electron chi connectivity index (χ3n) is 4.95. The maximum absolute atomic E-state index is 12.2. The number of hydrogen-bond acceptors (Lipinski definition) is 2. The molecule has 0 radical (unpaired) electrons. The van der Waals surface area contributed by atoms with Crippen molar-refractivity contribution in [3.05, 3.63) is 52.3 Å². The molecule has 0 aliphatic heterocycles. The van der Waals surface area contributed by atoms with Crippen molar-refractivity contribution in [3.8, 4) is 0 Å². The Morgan fingerprint density at radius 2 is 1.91 bits per heavy atom. The summed E-state index contributed by atoms with van der Waals surface area (Å²) >= 11 is 0. The molecule has 1 aliphatic rings. The fraction of sp³-hybridized carbons (Fsp3) is 0.474. The molecule has 4 heteroatoms. The van der Waals surface area contributed by atoms with Gasteiger partial charge in [0.05, 0.1) is 5.69 Å². The number of carbonyl (C=O) groups excluding carboxylic acids is 1. The third-order valence-corrected chi connectivity index (χ3v) is 4.95. The minimum atomic E-state index is 0.127. The van der Waals surface area contributed by atoms with Gasteiger partial charge in [-0.3, -0.25) is 9.89 Å². The number of H-pyrrole nitrogens is 1. The number of aromatic nitrogens is 2. The molecule has 0 atom stereocenters. The highest BCUT2D eigenvalue weighted by atomic mass is 16.1. The molecule has 0 fully saturated rings. The lowest BCUT2D eigenvalue weighted by atomic mass is 9.87. The van der Waals surface area contributed by atoms with E-state index in [9.17, 15) is 4.79 Å². The summed E-state index contributed by atoms with van der Waals surface area (Å²) in [5.74, 6) is 0.127. The standard InChI is InChI=1S/C19H25N3O/c1-13-17(14(2)22-21-13)8-9-18(23)20-12-19(3)10-15-6-4-5-7-16(15)11-19/h4-7H,8-12H2,1-3H3,(H,20,23)(H,21,22). The number of aromatic amines is 1. The highest BCUT2D eigenvalue weighted by molar-refractivity contribution is 5.76. The lowest BCUT2D eigenvalue weighted by Gasteiger charge is -2.24. The maximum Gasteiger partial charge on any atom is 0.220 e. The van der Waals surface area contributed by atoms with E-state index in [4.69, 9.17) is 0 Å². The number of amides is 1. The average molecular weight is 311 g/mol. The first kappa shape index (κ1) is 15.8. The number of benzene rings is 1. The summed E-state index contributed by atoms with van der Waals surface area (Å²) in [6, 6.07) is 8.59. The predicted octanol–water partition coefficient (Wildman–Crippen LogP) is 2.88. The molecule has 2 N–H and O–H groups in total. The van der Waals surface area contributed by atoms with Gasteiger partial charge in [0.25, 0.3) is 0 Å². The molecule has 1 aromatic heterocycles. The van der Waals surface area contributed by atoms with Crippen LogP contribution in [0.1, 0.15) is 41.4 Å². The Balaban J connectivity index is 1.50. The molecule has 23 heavy (non-hydrogen) atoms. The number of hydrogen-bond donors (Lipinski definition) is 2. The van der Waals surface area contributed by atoms with Gasteiger partial charge in [0.15, 0.2) is 0 Å². The second kappa shape index (κ2) is 6.19. The molecule has 0 bridgehead atoms. The summed E-state index contributed by atoms with van der Waals surface area (Å²) in [6.07, 6.45) is 3.36. The van der Waals surface area contributed by atoms with Crippen LogP contribution in [0.15, 0.2) is 24.3 Å². The normalized spacial score (nSPS) is 15.4. The van der Waals surface area contributed by atoms with Gasteiger partial charge in [0.1, 0.15) is 0 Å². The molecule has 122 valence electrons. The summed E-state index contributed by atoms with van der Waals surface area (Å²) in [7, 11) is 0. The number of aryl methyl sites for hydroxylation is 2. The fourth-order valence-corrected chi connectivity index (χ4v) is 3.59. The summed E-state index contributed by atoms with van der Waals surface area (Å²) in [6.45, 7) is 6.99. The van der Waals surface area contributed by atoms with E-state index in [2.05, 4.69) is 46.7 Å². The van der Waals surface area contributed by atoms with Crippen LogP contribution in [0, 0.1) is 19.3 Å². The Bertz CT molecular complexity index is 673. The van der Waals surface area contributed by atoms with Crippen LogP contribution in [0.2, 0.25) is 0 Å². The van der Waals surface area contributed by atoms with E-state index in [1.165, 1.54) is 16.7 Å². The summed E-state index contributed by atoms with van der Waals surface area (Å²) in [5.41, 5.74) is 6.21. The summed E-state index contributed by atoms with van der Waals surface area (Å²) < 4.78 is 0. The number of carbonyl (C=O) groups is 1. The first-order valence-corrected chi connectivity index (χ1v) is 8.31. The second-order valence-electron chi connectivity index (χ2n) is 7.12. The van der Waals surface area contributed by atoms with Crippen LogP contribution in [0.4, 0.5) is 0 Å². The molecule has 0 saturated carbocycles. The van der Waals surface area contributed by atoms with Crippen molar-refractivity contribution in [2.24, 2.45) is 5.41 Å². The van der Waals surface area contributed by atoms with E-state index in [1.54, 1.807) is 0 Å². The van der Waals surface area contributed by atoms with Crippen molar-refractivity contribution in [3.63, 3.8) is 0 Å². The number of fused-ring (bicyclic) bond motifs is 1. The topological polar surface area (TPSA) is 57.8 Å². The zero-order valence-corrected chi connectivity index (χ0v) is 14.2. The van der Waals surface area contributed by atoms with Crippen LogP contribution < -0.4 is 5.32 Å². The van der Waals surface area contributed by atoms with Gasteiger partial charge in [-0.15, -0.1) is 0 Å². The molecular weight excluding hydrogens is 286 g/mol. The van der Waals surface area contributed by atoms with E-state index >= 15 is 0 Å². The first-order valence-electron chi connectivity index (χ1n) is 8.31.